The zero-order chi connectivity index (χ0) is 20.8. The van der Waals surface area contributed by atoms with Crippen molar-refractivity contribution in [3.05, 3.63) is 64.5 Å². The van der Waals surface area contributed by atoms with Gasteiger partial charge in [0.25, 0.3) is 5.92 Å². The monoisotopic (exact) mass is 401 g/mol. The molecule has 2 aliphatic rings. The molecule has 29 heavy (non-hydrogen) atoms. The smallest absolute Gasteiger partial charge is 0.320 e. The zero-order valence-corrected chi connectivity index (χ0v) is 15.5. The Balaban J connectivity index is 1.58. The van der Waals surface area contributed by atoms with Crippen LogP contribution >= 0.6 is 0 Å². The number of rotatable bonds is 1. The van der Waals surface area contributed by atoms with Crippen LogP contribution in [-0.2, 0) is 25.4 Å². The van der Waals surface area contributed by atoms with Crippen LogP contribution in [-0.4, -0.2) is 27.3 Å². The van der Waals surface area contributed by atoms with Crippen LogP contribution in [0.4, 0.5) is 29.3 Å². The van der Waals surface area contributed by atoms with E-state index in [2.05, 4.69) is 21.8 Å². The number of alkyl halides is 2. The summed E-state index contributed by atoms with van der Waals surface area (Å²) in [5.74, 6) is -3.71. The zero-order valence-electron chi connectivity index (χ0n) is 15.5. The van der Waals surface area contributed by atoms with E-state index in [1.165, 1.54) is 21.7 Å². The van der Waals surface area contributed by atoms with E-state index < -0.39 is 17.8 Å². The molecule has 4 rings (SSSR count). The minimum atomic E-state index is -3.04. The highest BCUT2D eigenvalue weighted by atomic mass is 19.3. The number of aromatic nitrogens is 2. The van der Waals surface area contributed by atoms with Crippen LogP contribution in [0.2, 0.25) is 0 Å². The first-order chi connectivity index (χ1) is 13.8. The van der Waals surface area contributed by atoms with Crippen LogP contribution in [0.1, 0.15) is 29.8 Å². The topological polar surface area (TPSA) is 54.5 Å². The van der Waals surface area contributed by atoms with E-state index in [4.69, 9.17) is 6.57 Å². The van der Waals surface area contributed by atoms with Gasteiger partial charge in [0.15, 0.2) is 0 Å². The fourth-order valence-corrected chi connectivity index (χ4v) is 3.75. The maximum Gasteiger partial charge on any atom is 0.322 e. The highest BCUT2D eigenvalue weighted by Crippen LogP contribution is 2.41. The van der Waals surface area contributed by atoms with Gasteiger partial charge in [-0.3, -0.25) is 4.68 Å². The molecule has 0 bridgehead atoms. The molecule has 0 saturated carbocycles. The quantitative estimate of drug-likeness (QED) is 0.561. The lowest BCUT2D eigenvalue weighted by molar-refractivity contribution is -0.0194. The molecular formula is C20H18F3N5O. The SMILES string of the molecule is [C-]#[N+]c1cc(NC(=O)N2CCc3nn4c(c3C2)C(F)(F)CCC(=C)C4)ccc1F. The van der Waals surface area contributed by atoms with Crippen LogP contribution in [0.15, 0.2) is 30.4 Å². The molecule has 0 unspecified atom stereocenters. The van der Waals surface area contributed by atoms with Gasteiger partial charge in [0.2, 0.25) is 5.69 Å². The van der Waals surface area contributed by atoms with Gasteiger partial charge in [-0.15, -0.1) is 0 Å². The summed E-state index contributed by atoms with van der Waals surface area (Å²) in [6, 6.07) is 3.19. The number of nitrogens with zero attached hydrogens (tertiary/aromatic N) is 4. The molecule has 6 nitrogen and oxygen atoms in total. The third-order valence-electron chi connectivity index (χ3n) is 5.22. The van der Waals surface area contributed by atoms with Crippen molar-refractivity contribution in [1.82, 2.24) is 14.7 Å². The Bertz CT molecular complexity index is 1050. The van der Waals surface area contributed by atoms with Crippen molar-refractivity contribution in [3.63, 3.8) is 0 Å². The molecule has 0 aliphatic carbocycles. The van der Waals surface area contributed by atoms with Crippen molar-refractivity contribution in [2.45, 2.75) is 38.3 Å². The third kappa shape index (κ3) is 3.46. The Morgan fingerprint density at radius 2 is 2.10 bits per heavy atom. The molecule has 2 aliphatic heterocycles. The molecule has 0 saturated heterocycles. The first-order valence-corrected chi connectivity index (χ1v) is 9.15. The predicted octanol–water partition coefficient (Wildman–Crippen LogP) is 4.60. The van der Waals surface area contributed by atoms with Gasteiger partial charge in [-0.1, -0.05) is 12.2 Å². The Hall–Kier alpha value is -3.28. The number of carbonyl (C=O) groups is 1. The van der Waals surface area contributed by atoms with Gasteiger partial charge in [0.1, 0.15) is 11.5 Å². The largest absolute Gasteiger partial charge is 0.322 e. The number of nitrogens with one attached hydrogen (secondary N) is 1. The first kappa shape index (κ1) is 19.1. The summed E-state index contributed by atoms with van der Waals surface area (Å²) in [6.45, 7) is 11.4. The minimum absolute atomic E-state index is 0.00936. The van der Waals surface area contributed by atoms with Crippen LogP contribution in [0.25, 0.3) is 4.85 Å². The van der Waals surface area contributed by atoms with Crippen molar-refractivity contribution < 1.29 is 18.0 Å². The van der Waals surface area contributed by atoms with Crippen molar-refractivity contribution in [3.8, 4) is 0 Å². The van der Waals surface area contributed by atoms with Crippen LogP contribution in [0, 0.1) is 12.4 Å². The predicted molar refractivity (Wildman–Crippen MR) is 100 cm³/mol. The summed E-state index contributed by atoms with van der Waals surface area (Å²) in [6.07, 6.45) is 0.260. The molecule has 150 valence electrons. The van der Waals surface area contributed by atoms with Crippen LogP contribution in [0.3, 0.4) is 0 Å². The molecular weight excluding hydrogens is 383 g/mol. The maximum atomic E-state index is 14.8. The van der Waals surface area contributed by atoms with E-state index in [0.717, 1.165) is 6.07 Å². The molecule has 1 aromatic heterocycles. The van der Waals surface area contributed by atoms with Gasteiger partial charge in [0.05, 0.1) is 25.4 Å². The van der Waals surface area contributed by atoms with E-state index in [-0.39, 0.29) is 43.0 Å². The summed E-state index contributed by atoms with van der Waals surface area (Å²) in [7, 11) is 0. The number of carbonyl (C=O) groups excluding carboxylic acids is 1. The average molecular weight is 401 g/mol. The average Bonchev–Trinajstić information content (AvgIpc) is 3.00. The Morgan fingerprint density at radius 3 is 2.86 bits per heavy atom. The van der Waals surface area contributed by atoms with Gasteiger partial charge >= 0.3 is 6.03 Å². The minimum Gasteiger partial charge on any atom is -0.320 e. The van der Waals surface area contributed by atoms with E-state index in [0.29, 0.717) is 29.8 Å². The van der Waals surface area contributed by atoms with E-state index in [1.54, 1.807) is 0 Å². The summed E-state index contributed by atoms with van der Waals surface area (Å²) in [5, 5.41) is 6.95. The molecule has 0 fully saturated rings. The first-order valence-electron chi connectivity index (χ1n) is 9.15. The number of fused-ring (bicyclic) bond motifs is 3. The van der Waals surface area contributed by atoms with Gasteiger partial charge in [-0.05, 0) is 24.6 Å². The molecule has 0 radical (unpaired) electrons. The third-order valence-corrected chi connectivity index (χ3v) is 5.22. The summed E-state index contributed by atoms with van der Waals surface area (Å²) in [5.41, 5.74) is 1.59. The number of amides is 2. The van der Waals surface area contributed by atoms with Crippen molar-refractivity contribution >= 4 is 17.4 Å². The molecule has 1 N–H and O–H groups in total. The fourth-order valence-electron chi connectivity index (χ4n) is 3.75. The van der Waals surface area contributed by atoms with E-state index in [1.807, 2.05) is 0 Å². The highest BCUT2D eigenvalue weighted by Gasteiger charge is 2.42. The standard InChI is InChI=1S/C20H18F3N5O/c1-12-5-7-20(22,23)18-14-11-27(8-6-16(14)26-28(18)10-12)19(29)25-13-3-4-15(21)17(9-13)24-2/h3-4,9H,1,5-8,10-11H2,(H,25,29). The number of halogens is 3. The van der Waals surface area contributed by atoms with Crippen molar-refractivity contribution in [2.75, 3.05) is 11.9 Å². The second-order valence-electron chi connectivity index (χ2n) is 7.27. The van der Waals surface area contributed by atoms with Gasteiger partial charge < -0.3 is 10.2 Å². The van der Waals surface area contributed by atoms with Gasteiger partial charge in [-0.2, -0.15) is 13.9 Å². The van der Waals surface area contributed by atoms with E-state index in [9.17, 15) is 18.0 Å². The number of urea groups is 1. The van der Waals surface area contributed by atoms with Crippen LogP contribution < -0.4 is 5.32 Å². The maximum absolute atomic E-state index is 14.8. The summed E-state index contributed by atoms with van der Waals surface area (Å²) >= 11 is 0. The summed E-state index contributed by atoms with van der Waals surface area (Å²) in [4.78, 5) is 17.1. The Labute approximate surface area is 165 Å². The molecule has 1 aromatic carbocycles. The fraction of sp³-hybridized carbons (Fsp3) is 0.350. The molecule has 0 atom stereocenters. The second kappa shape index (κ2) is 6.95. The van der Waals surface area contributed by atoms with Crippen molar-refractivity contribution in [1.29, 1.82) is 0 Å². The molecule has 0 spiro atoms. The summed E-state index contributed by atoms with van der Waals surface area (Å²) < 4.78 is 44.3. The normalized spacial score (nSPS) is 17.7. The molecule has 9 heteroatoms. The lowest BCUT2D eigenvalue weighted by Crippen LogP contribution is -2.39. The number of hydrogen-bond acceptors (Lipinski definition) is 2. The van der Waals surface area contributed by atoms with E-state index >= 15 is 0 Å². The number of anilines is 1. The second-order valence-corrected chi connectivity index (χ2v) is 7.27. The molecule has 3 heterocycles. The van der Waals surface area contributed by atoms with Gasteiger partial charge in [-0.25, -0.2) is 14.0 Å². The van der Waals surface area contributed by atoms with Crippen molar-refractivity contribution in [2.24, 2.45) is 0 Å². The molecule has 2 amide bonds. The van der Waals surface area contributed by atoms with Crippen LogP contribution in [0.5, 0.6) is 0 Å². The number of allylic oxidation sites excluding steroid dienone is 1. The number of benzene rings is 1. The lowest BCUT2D eigenvalue weighted by atomic mass is 10.00. The van der Waals surface area contributed by atoms with Gasteiger partial charge in [0, 0.05) is 30.6 Å². The Morgan fingerprint density at radius 1 is 1.31 bits per heavy atom. The Kier molecular flexibility index (Phi) is 4.57. The molecule has 2 aromatic rings. The number of hydrogen-bond donors (Lipinski definition) is 1. The highest BCUT2D eigenvalue weighted by molar-refractivity contribution is 5.90. The lowest BCUT2D eigenvalue weighted by Gasteiger charge is -2.28.